The summed E-state index contributed by atoms with van der Waals surface area (Å²) in [4.78, 5) is 49.0. The number of anilines is 1. The molecule has 5 aromatic rings. The van der Waals surface area contributed by atoms with E-state index in [1.54, 1.807) is 30.5 Å². The van der Waals surface area contributed by atoms with Gasteiger partial charge >= 0.3 is 0 Å². The number of halogens is 4. The quantitative estimate of drug-likeness (QED) is 0.0840. The highest BCUT2D eigenvalue weighted by Crippen LogP contribution is 2.48. The number of nitrogens with one attached hydrogen (secondary N) is 2. The van der Waals surface area contributed by atoms with Crippen LogP contribution in [-0.2, 0) is 11.2 Å². The third-order valence-electron chi connectivity index (χ3n) is 11.8. The fourth-order valence-electron chi connectivity index (χ4n) is 9.05. The highest BCUT2D eigenvalue weighted by atomic mass is 32.2. The third-order valence-corrected chi connectivity index (χ3v) is 12.3. The number of benzene rings is 2. The molecule has 2 aliphatic carbocycles. The number of aromatic amines is 1. The SMILES string of the molecule is CC.CCc1c([C@H]2C[C@H](C)CC[C@@H]2c2cc(=O)c3c(C(N)=O)nccc3[nH]2)ccc(F)c1F.COc1c(C2[C@@H](C)CCC[C@H]2C(=O)Nc2ccnc(SN)c2)ccc(F)c1F. The average molecular weight is 863 g/mol. The van der Waals surface area contributed by atoms with E-state index in [-0.39, 0.29) is 57.8 Å². The maximum absolute atomic E-state index is 14.6. The van der Waals surface area contributed by atoms with E-state index < -0.39 is 29.2 Å². The Labute approximate surface area is 357 Å². The molecule has 3 heterocycles. The lowest BCUT2D eigenvalue weighted by Gasteiger charge is -2.36. The number of primary amides is 1. The molecular formula is C46H54F4N6O4S. The first-order chi connectivity index (χ1) is 29.3. The molecule has 6 N–H and O–H groups in total. The molecular weight excluding hydrogens is 809 g/mol. The van der Waals surface area contributed by atoms with E-state index in [0.29, 0.717) is 46.1 Å². The minimum atomic E-state index is -1.02. The van der Waals surface area contributed by atoms with Crippen molar-refractivity contribution in [3.05, 3.63) is 122 Å². The zero-order valence-electron chi connectivity index (χ0n) is 35.3. The number of fused-ring (bicyclic) bond motifs is 1. The molecule has 0 bridgehead atoms. The highest BCUT2D eigenvalue weighted by molar-refractivity contribution is 7.97. The largest absolute Gasteiger partial charge is 0.493 e. The van der Waals surface area contributed by atoms with E-state index >= 15 is 0 Å². The molecule has 10 nitrogen and oxygen atoms in total. The molecule has 2 aromatic carbocycles. The van der Waals surface area contributed by atoms with Crippen LogP contribution in [0.25, 0.3) is 10.9 Å². The van der Waals surface area contributed by atoms with Gasteiger partial charge in [-0.3, -0.25) is 24.5 Å². The fraction of sp³-hybridized carbons (Fsp3) is 0.413. The number of ether oxygens (including phenoxy) is 1. The maximum atomic E-state index is 14.6. The van der Waals surface area contributed by atoms with Gasteiger partial charge in [0.1, 0.15) is 10.7 Å². The number of carbonyl (C=O) groups is 2. The van der Waals surface area contributed by atoms with Crippen molar-refractivity contribution in [2.45, 2.75) is 102 Å². The molecule has 0 radical (unpaired) electrons. The van der Waals surface area contributed by atoms with Gasteiger partial charge in [-0.15, -0.1) is 0 Å². The molecule has 0 saturated heterocycles. The first-order valence-electron chi connectivity index (χ1n) is 20.7. The molecule has 2 fully saturated rings. The first-order valence-corrected chi connectivity index (χ1v) is 21.6. The van der Waals surface area contributed by atoms with E-state index in [1.807, 2.05) is 27.7 Å². The lowest BCUT2D eigenvalue weighted by Crippen LogP contribution is -2.34. The number of carbonyl (C=O) groups excluding carboxylic acids is 2. The number of amides is 2. The second kappa shape index (κ2) is 21.0. The Kier molecular flexibility index (Phi) is 16.1. The van der Waals surface area contributed by atoms with Gasteiger partial charge in [-0.2, -0.15) is 4.39 Å². The van der Waals surface area contributed by atoms with Crippen molar-refractivity contribution in [3.63, 3.8) is 0 Å². The van der Waals surface area contributed by atoms with Crippen molar-refractivity contribution >= 4 is 40.4 Å². The third kappa shape index (κ3) is 10.3. The summed E-state index contributed by atoms with van der Waals surface area (Å²) in [6.07, 6.45) is 8.44. The number of nitrogens with two attached hydrogens (primary N) is 2. The van der Waals surface area contributed by atoms with Crippen LogP contribution in [-0.4, -0.2) is 33.9 Å². The molecule has 326 valence electrons. The Morgan fingerprint density at radius 2 is 1.59 bits per heavy atom. The summed E-state index contributed by atoms with van der Waals surface area (Å²) in [5, 5.41) is 9.20. The predicted octanol–water partition coefficient (Wildman–Crippen LogP) is 10.1. The monoisotopic (exact) mass is 862 g/mol. The van der Waals surface area contributed by atoms with Crippen LogP contribution in [0.15, 0.2) is 70.7 Å². The lowest BCUT2D eigenvalue weighted by atomic mass is 9.69. The molecule has 6 atom stereocenters. The summed E-state index contributed by atoms with van der Waals surface area (Å²) in [6, 6.07) is 12.0. The van der Waals surface area contributed by atoms with Crippen LogP contribution in [0.3, 0.4) is 0 Å². The number of methoxy groups -OCH3 is 1. The number of aromatic nitrogens is 3. The van der Waals surface area contributed by atoms with Crippen LogP contribution in [0.4, 0.5) is 23.2 Å². The van der Waals surface area contributed by atoms with Gasteiger partial charge in [-0.25, -0.2) is 18.2 Å². The van der Waals surface area contributed by atoms with Crippen molar-refractivity contribution in [1.29, 1.82) is 0 Å². The normalized spacial score (nSPS) is 21.0. The summed E-state index contributed by atoms with van der Waals surface area (Å²) in [7, 11) is 1.31. The smallest absolute Gasteiger partial charge is 0.268 e. The van der Waals surface area contributed by atoms with Crippen LogP contribution in [0, 0.1) is 41.0 Å². The zero-order valence-corrected chi connectivity index (χ0v) is 36.1. The minimum Gasteiger partial charge on any atom is -0.493 e. The summed E-state index contributed by atoms with van der Waals surface area (Å²) in [5.74, 6) is -4.89. The van der Waals surface area contributed by atoms with Gasteiger partial charge < -0.3 is 20.8 Å². The molecule has 3 aromatic heterocycles. The van der Waals surface area contributed by atoms with E-state index in [1.165, 1.54) is 31.5 Å². The number of hydrogen-bond donors (Lipinski definition) is 4. The highest BCUT2D eigenvalue weighted by Gasteiger charge is 2.39. The fourth-order valence-corrected chi connectivity index (χ4v) is 9.37. The first kappa shape index (κ1) is 46.8. The average Bonchev–Trinajstić information content (AvgIpc) is 3.26. The summed E-state index contributed by atoms with van der Waals surface area (Å²) < 4.78 is 61.5. The molecule has 1 unspecified atom stereocenters. The molecule has 61 heavy (non-hydrogen) atoms. The van der Waals surface area contributed by atoms with E-state index in [0.717, 1.165) is 61.4 Å². The van der Waals surface area contributed by atoms with Crippen LogP contribution in [0.2, 0.25) is 0 Å². The number of hydrogen-bond acceptors (Lipinski definition) is 8. The van der Waals surface area contributed by atoms with Crippen molar-refractivity contribution < 1.29 is 31.9 Å². The Hall–Kier alpha value is -5.28. The molecule has 15 heteroatoms. The molecule has 2 aliphatic rings. The van der Waals surface area contributed by atoms with Gasteiger partial charge in [0.05, 0.1) is 18.0 Å². The topological polar surface area (TPSA) is 166 Å². The van der Waals surface area contributed by atoms with Crippen LogP contribution in [0.1, 0.15) is 124 Å². The summed E-state index contributed by atoms with van der Waals surface area (Å²) in [5.41, 5.74) is 8.53. The standard InChI is InChI=1S/C24H25F2N3O2.C20H23F2N3O2S.C2H6/c1-3-13-14(6-7-17(25)22(13)26)16-10-12(2)4-5-15(16)19-11-20(30)21-18(29-19)8-9-28-23(21)24(27)31;1-11-4-3-5-14(20(26)25-12-8-9-24-16(10-12)28-23)17(11)13-6-7-15(21)18(22)19(13)27-2;1-2/h6-9,11-12,15-16H,3-5,10H2,1-2H3,(H2,27,31)(H,29,30);6-11,14,17H,3-5,23H2,1-2H3,(H,24,25,26);1-2H3/t12-,15+,16-;11-,14+,17?;/m10./s1. The van der Waals surface area contributed by atoms with Crippen LogP contribution in [0.5, 0.6) is 5.75 Å². The Bertz CT molecular complexity index is 2420. The van der Waals surface area contributed by atoms with Gasteiger partial charge in [0, 0.05) is 53.2 Å². The lowest BCUT2D eigenvalue weighted by molar-refractivity contribution is -0.122. The molecule has 2 saturated carbocycles. The molecule has 2 amide bonds. The van der Waals surface area contributed by atoms with Gasteiger partial charge in [0.15, 0.2) is 28.6 Å². The zero-order chi connectivity index (χ0) is 44.5. The van der Waals surface area contributed by atoms with Gasteiger partial charge in [-0.05, 0) is 96.8 Å². The number of pyridine rings is 3. The Morgan fingerprint density at radius 3 is 2.26 bits per heavy atom. The molecule has 0 spiro atoms. The van der Waals surface area contributed by atoms with Crippen molar-refractivity contribution in [2.75, 3.05) is 12.4 Å². The molecule has 0 aliphatic heterocycles. The molecule has 7 rings (SSSR count). The minimum absolute atomic E-state index is 0.0562. The number of rotatable bonds is 9. The summed E-state index contributed by atoms with van der Waals surface area (Å²) >= 11 is 0.995. The van der Waals surface area contributed by atoms with Gasteiger partial charge in [0.25, 0.3) is 5.91 Å². The second-order valence-electron chi connectivity index (χ2n) is 15.5. The predicted molar refractivity (Wildman–Crippen MR) is 232 cm³/mol. The number of H-pyrrole nitrogens is 1. The van der Waals surface area contributed by atoms with E-state index in [2.05, 4.69) is 27.2 Å². The summed E-state index contributed by atoms with van der Waals surface area (Å²) in [6.45, 7) is 10.0. The number of nitrogens with zero attached hydrogens (tertiary/aromatic N) is 2. The Balaban J connectivity index is 0.000000223. The van der Waals surface area contributed by atoms with E-state index in [4.69, 9.17) is 15.6 Å². The maximum Gasteiger partial charge on any atom is 0.268 e. The van der Waals surface area contributed by atoms with E-state index in [9.17, 15) is 31.9 Å². The van der Waals surface area contributed by atoms with Gasteiger partial charge in [0.2, 0.25) is 11.7 Å². The Morgan fingerprint density at radius 1 is 0.902 bits per heavy atom. The van der Waals surface area contributed by atoms with Crippen LogP contribution < -0.4 is 26.4 Å². The van der Waals surface area contributed by atoms with Crippen molar-refractivity contribution in [1.82, 2.24) is 15.0 Å². The van der Waals surface area contributed by atoms with Crippen molar-refractivity contribution in [2.24, 2.45) is 28.6 Å². The van der Waals surface area contributed by atoms with Crippen LogP contribution >= 0.6 is 11.9 Å². The second-order valence-corrected chi connectivity index (χ2v) is 16.1. The van der Waals surface area contributed by atoms with Gasteiger partial charge in [-0.1, -0.05) is 66.0 Å². The van der Waals surface area contributed by atoms with Crippen molar-refractivity contribution in [3.8, 4) is 5.75 Å².